The topological polar surface area (TPSA) is 46.1 Å². The van der Waals surface area contributed by atoms with Crippen molar-refractivity contribution in [1.82, 2.24) is 14.9 Å². The molecule has 0 saturated carbocycles. The Labute approximate surface area is 128 Å². The van der Waals surface area contributed by atoms with Gasteiger partial charge in [0.25, 0.3) is 0 Å². The second-order valence-corrected chi connectivity index (χ2v) is 6.30. The predicted octanol–water partition coefficient (Wildman–Crippen LogP) is 2.88. The van der Waals surface area contributed by atoms with Crippen molar-refractivity contribution in [1.29, 1.82) is 0 Å². The first-order valence-corrected chi connectivity index (χ1v) is 8.28. The number of piperidine rings is 1. The van der Waals surface area contributed by atoms with Crippen LogP contribution in [0.15, 0.2) is 36.0 Å². The van der Waals surface area contributed by atoms with Gasteiger partial charge >= 0.3 is 0 Å². The van der Waals surface area contributed by atoms with Gasteiger partial charge in [-0.25, -0.2) is 4.98 Å². The fourth-order valence-corrected chi connectivity index (χ4v) is 3.55. The number of rotatable bonds is 4. The molecule has 1 atom stereocenters. The largest absolute Gasteiger partial charge is 0.342 e. The van der Waals surface area contributed by atoms with E-state index >= 15 is 0 Å². The molecule has 21 heavy (non-hydrogen) atoms. The van der Waals surface area contributed by atoms with Gasteiger partial charge in [-0.05, 0) is 31.4 Å². The van der Waals surface area contributed by atoms with Gasteiger partial charge in [0.15, 0.2) is 0 Å². The zero-order chi connectivity index (χ0) is 14.5. The van der Waals surface area contributed by atoms with Gasteiger partial charge < -0.3 is 4.90 Å². The van der Waals surface area contributed by atoms with Crippen molar-refractivity contribution in [3.63, 3.8) is 0 Å². The summed E-state index contributed by atoms with van der Waals surface area (Å²) in [5.41, 5.74) is 0.985. The Morgan fingerprint density at radius 2 is 2.29 bits per heavy atom. The smallest absolute Gasteiger partial charge is 0.222 e. The van der Waals surface area contributed by atoms with E-state index in [0.717, 1.165) is 43.1 Å². The Balaban J connectivity index is 1.55. The Kier molecular flexibility index (Phi) is 4.60. The third kappa shape index (κ3) is 3.67. The molecule has 2 aromatic heterocycles. The monoisotopic (exact) mass is 301 g/mol. The molecule has 1 unspecified atom stereocenters. The average molecular weight is 301 g/mol. The molecular weight excluding hydrogens is 282 g/mol. The number of aryl methyl sites for hydroxylation is 1. The molecule has 3 heterocycles. The Morgan fingerprint density at radius 3 is 3.05 bits per heavy atom. The van der Waals surface area contributed by atoms with Gasteiger partial charge in [-0.2, -0.15) is 0 Å². The molecule has 0 aromatic carbocycles. The first kappa shape index (κ1) is 14.2. The second-order valence-electron chi connectivity index (χ2n) is 5.37. The highest BCUT2D eigenvalue weighted by Gasteiger charge is 2.25. The van der Waals surface area contributed by atoms with Gasteiger partial charge in [-0.1, -0.05) is 6.07 Å². The van der Waals surface area contributed by atoms with Crippen LogP contribution in [0.2, 0.25) is 0 Å². The molecule has 1 saturated heterocycles. The van der Waals surface area contributed by atoms with Crippen molar-refractivity contribution < 1.29 is 4.79 Å². The van der Waals surface area contributed by atoms with Crippen LogP contribution in [0.5, 0.6) is 0 Å². The number of thiazole rings is 1. The van der Waals surface area contributed by atoms with Gasteiger partial charge in [0.1, 0.15) is 0 Å². The number of carbonyl (C=O) groups is 1. The number of aromatic nitrogens is 2. The van der Waals surface area contributed by atoms with Crippen LogP contribution < -0.4 is 0 Å². The van der Waals surface area contributed by atoms with Crippen LogP contribution in [0.4, 0.5) is 0 Å². The summed E-state index contributed by atoms with van der Waals surface area (Å²) in [6.07, 6.45) is 7.10. The molecule has 1 aliphatic rings. The van der Waals surface area contributed by atoms with Gasteiger partial charge in [-0.15, -0.1) is 11.3 Å². The summed E-state index contributed by atoms with van der Waals surface area (Å²) in [7, 11) is 0. The highest BCUT2D eigenvalue weighted by atomic mass is 32.1. The standard InChI is InChI=1S/C16H19N3OS/c20-15(7-6-14-5-1-2-8-17-14)19-10-3-4-13(12-19)16-18-9-11-21-16/h1-2,5,8-9,11,13H,3-4,6-7,10,12H2. The molecule has 0 aliphatic carbocycles. The van der Waals surface area contributed by atoms with E-state index in [9.17, 15) is 4.79 Å². The third-order valence-corrected chi connectivity index (χ3v) is 4.83. The van der Waals surface area contributed by atoms with E-state index < -0.39 is 0 Å². The van der Waals surface area contributed by atoms with Crippen molar-refractivity contribution in [3.05, 3.63) is 46.7 Å². The van der Waals surface area contributed by atoms with Gasteiger partial charge in [-0.3, -0.25) is 9.78 Å². The van der Waals surface area contributed by atoms with E-state index in [0.29, 0.717) is 12.3 Å². The summed E-state index contributed by atoms with van der Waals surface area (Å²) in [5, 5.41) is 3.18. The molecule has 0 N–H and O–H groups in total. The highest BCUT2D eigenvalue weighted by molar-refractivity contribution is 7.09. The van der Waals surface area contributed by atoms with Crippen LogP contribution in [0.25, 0.3) is 0 Å². The molecule has 1 fully saturated rings. The fourth-order valence-electron chi connectivity index (χ4n) is 2.78. The first-order chi connectivity index (χ1) is 10.3. The number of amides is 1. The minimum Gasteiger partial charge on any atom is -0.342 e. The molecule has 110 valence electrons. The number of carbonyl (C=O) groups excluding carboxylic acids is 1. The number of hydrogen-bond acceptors (Lipinski definition) is 4. The number of likely N-dealkylation sites (tertiary alicyclic amines) is 1. The minimum absolute atomic E-state index is 0.238. The third-order valence-electron chi connectivity index (χ3n) is 3.90. The Bertz CT molecular complexity index is 570. The second kappa shape index (κ2) is 6.80. The van der Waals surface area contributed by atoms with E-state index in [-0.39, 0.29) is 5.91 Å². The SMILES string of the molecule is O=C(CCc1ccccn1)N1CCCC(c2nccs2)C1. The van der Waals surface area contributed by atoms with E-state index in [4.69, 9.17) is 0 Å². The number of nitrogens with zero attached hydrogens (tertiary/aromatic N) is 3. The molecule has 4 nitrogen and oxygen atoms in total. The average Bonchev–Trinajstić information content (AvgIpc) is 3.08. The highest BCUT2D eigenvalue weighted by Crippen LogP contribution is 2.28. The maximum absolute atomic E-state index is 12.4. The van der Waals surface area contributed by atoms with Crippen LogP contribution >= 0.6 is 11.3 Å². The van der Waals surface area contributed by atoms with Crippen LogP contribution in [0, 0.1) is 0 Å². The molecule has 0 spiro atoms. The van der Waals surface area contributed by atoms with Crippen molar-refractivity contribution >= 4 is 17.2 Å². The van der Waals surface area contributed by atoms with E-state index in [2.05, 4.69) is 9.97 Å². The van der Waals surface area contributed by atoms with Gasteiger partial charge in [0, 0.05) is 48.9 Å². The predicted molar refractivity (Wildman–Crippen MR) is 83.2 cm³/mol. The molecule has 3 rings (SSSR count). The fraction of sp³-hybridized carbons (Fsp3) is 0.438. The van der Waals surface area contributed by atoms with Crippen LogP contribution in [-0.4, -0.2) is 33.9 Å². The van der Waals surface area contributed by atoms with Crippen LogP contribution in [0.1, 0.15) is 35.9 Å². The molecular formula is C16H19N3OS. The van der Waals surface area contributed by atoms with E-state index in [1.807, 2.05) is 34.7 Å². The molecule has 0 radical (unpaired) electrons. The summed E-state index contributed by atoms with van der Waals surface area (Å²) in [6, 6.07) is 5.84. The maximum atomic E-state index is 12.4. The van der Waals surface area contributed by atoms with E-state index in [1.54, 1.807) is 17.5 Å². The zero-order valence-corrected chi connectivity index (χ0v) is 12.8. The van der Waals surface area contributed by atoms with Crippen molar-refractivity contribution in [3.8, 4) is 0 Å². The van der Waals surface area contributed by atoms with Crippen molar-refractivity contribution in [2.24, 2.45) is 0 Å². The van der Waals surface area contributed by atoms with E-state index in [1.165, 1.54) is 0 Å². The summed E-state index contributed by atoms with van der Waals surface area (Å²) in [4.78, 5) is 23.0. The minimum atomic E-state index is 0.238. The zero-order valence-electron chi connectivity index (χ0n) is 11.9. The number of hydrogen-bond donors (Lipinski definition) is 0. The molecule has 0 bridgehead atoms. The van der Waals surface area contributed by atoms with Crippen LogP contribution in [0.3, 0.4) is 0 Å². The summed E-state index contributed by atoms with van der Waals surface area (Å²) in [6.45, 7) is 1.69. The van der Waals surface area contributed by atoms with Gasteiger partial charge in [0.2, 0.25) is 5.91 Å². The molecule has 5 heteroatoms. The molecule has 1 amide bonds. The molecule has 1 aliphatic heterocycles. The summed E-state index contributed by atoms with van der Waals surface area (Å²) in [5.74, 6) is 0.652. The lowest BCUT2D eigenvalue weighted by Crippen LogP contribution is -2.39. The van der Waals surface area contributed by atoms with Gasteiger partial charge in [0.05, 0.1) is 5.01 Å². The first-order valence-electron chi connectivity index (χ1n) is 7.40. The lowest BCUT2D eigenvalue weighted by Gasteiger charge is -2.32. The Morgan fingerprint density at radius 1 is 1.33 bits per heavy atom. The van der Waals surface area contributed by atoms with Crippen LogP contribution in [-0.2, 0) is 11.2 Å². The Hall–Kier alpha value is -1.75. The summed E-state index contributed by atoms with van der Waals surface area (Å²) >= 11 is 1.69. The van der Waals surface area contributed by atoms with Crippen molar-refractivity contribution in [2.45, 2.75) is 31.6 Å². The quantitative estimate of drug-likeness (QED) is 0.872. The number of pyridine rings is 1. The normalized spacial score (nSPS) is 18.7. The maximum Gasteiger partial charge on any atom is 0.222 e. The van der Waals surface area contributed by atoms with Crippen molar-refractivity contribution in [2.75, 3.05) is 13.1 Å². The lowest BCUT2D eigenvalue weighted by molar-refractivity contribution is -0.132. The summed E-state index contributed by atoms with van der Waals surface area (Å²) < 4.78 is 0. The lowest BCUT2D eigenvalue weighted by atomic mass is 9.98. The molecule has 2 aromatic rings.